The summed E-state index contributed by atoms with van der Waals surface area (Å²) in [4.78, 5) is 3.88. The molecule has 2 heterocycles. The predicted octanol–water partition coefficient (Wildman–Crippen LogP) is 1.45. The molecule has 11 heteroatoms. The van der Waals surface area contributed by atoms with Crippen LogP contribution in [0.15, 0.2) is 29.4 Å². The minimum absolute atomic E-state index is 0.211. The average molecular weight is 340 g/mol. The van der Waals surface area contributed by atoms with Crippen molar-refractivity contribution < 1.29 is 21.6 Å². The fourth-order valence-electron chi connectivity index (χ4n) is 1.67. The number of anilines is 1. The van der Waals surface area contributed by atoms with Gasteiger partial charge >= 0.3 is 5.51 Å². The molecule has 21 heavy (non-hydrogen) atoms. The fraction of sp³-hybridized carbons (Fsp3) is 0.300. The van der Waals surface area contributed by atoms with E-state index >= 15 is 0 Å². The molecule has 6 nitrogen and oxygen atoms in total. The number of rotatable bonds is 5. The second kappa shape index (κ2) is 5.73. The number of hydrogen-bond acceptors (Lipinski definition) is 5. The van der Waals surface area contributed by atoms with Gasteiger partial charge in [0.25, 0.3) is 10.0 Å². The lowest BCUT2D eigenvalue weighted by atomic mass is 10.5. The highest BCUT2D eigenvalue weighted by atomic mass is 32.2. The number of halogens is 3. The van der Waals surface area contributed by atoms with Crippen molar-refractivity contribution in [2.75, 3.05) is 18.0 Å². The Kier molecular flexibility index (Phi) is 4.35. The van der Waals surface area contributed by atoms with Crippen LogP contribution in [0.2, 0.25) is 0 Å². The number of alkyl halides is 3. The molecule has 0 fully saturated rings. The van der Waals surface area contributed by atoms with E-state index in [0.717, 1.165) is 0 Å². The minimum Gasteiger partial charge on any atom is -0.381 e. The first-order valence-electron chi connectivity index (χ1n) is 5.63. The number of nitrogen functional groups attached to an aromatic ring is 1. The molecule has 2 aromatic rings. The van der Waals surface area contributed by atoms with Crippen LogP contribution in [-0.4, -0.2) is 35.6 Å². The second-order valence-corrected chi connectivity index (χ2v) is 6.77. The molecule has 2 rings (SSSR count). The Hall–Kier alpha value is -1.46. The van der Waals surface area contributed by atoms with Crippen LogP contribution < -0.4 is 10.5 Å². The Balaban J connectivity index is 2.17. The molecule has 3 N–H and O–H groups in total. The first-order valence-corrected chi connectivity index (χ1v) is 8.10. The lowest BCUT2D eigenvalue weighted by molar-refractivity contribution is -0.0327. The number of fused-ring (bicyclic) bond motifs is 1. The zero-order valence-corrected chi connectivity index (χ0v) is 12.1. The molecule has 116 valence electrons. The van der Waals surface area contributed by atoms with Gasteiger partial charge in [-0.1, -0.05) is 6.07 Å². The van der Waals surface area contributed by atoms with Gasteiger partial charge in [0.2, 0.25) is 0 Å². The molecule has 0 unspecified atom stereocenters. The summed E-state index contributed by atoms with van der Waals surface area (Å²) >= 11 is -0.301. The van der Waals surface area contributed by atoms with E-state index in [2.05, 4.69) is 9.71 Å². The summed E-state index contributed by atoms with van der Waals surface area (Å²) in [5.74, 6) is -0.642. The topological polar surface area (TPSA) is 89.5 Å². The van der Waals surface area contributed by atoms with Crippen molar-refractivity contribution in [2.24, 2.45) is 0 Å². The molecule has 0 aliphatic carbocycles. The van der Waals surface area contributed by atoms with Gasteiger partial charge in [0.1, 0.15) is 5.65 Å². The summed E-state index contributed by atoms with van der Waals surface area (Å²) in [7, 11) is -4.05. The molecule has 0 amide bonds. The minimum atomic E-state index is -4.40. The van der Waals surface area contributed by atoms with Gasteiger partial charge < -0.3 is 5.73 Å². The van der Waals surface area contributed by atoms with Gasteiger partial charge in [0, 0.05) is 18.5 Å². The van der Waals surface area contributed by atoms with Crippen LogP contribution in [0.5, 0.6) is 0 Å². The van der Waals surface area contributed by atoms with E-state index in [-0.39, 0.29) is 29.2 Å². The van der Waals surface area contributed by atoms with Crippen molar-refractivity contribution in [3.05, 3.63) is 24.4 Å². The second-order valence-electron chi connectivity index (χ2n) is 3.92. The Morgan fingerprint density at radius 2 is 2.10 bits per heavy atom. The van der Waals surface area contributed by atoms with Gasteiger partial charge in [-0.15, -0.1) is 0 Å². The summed E-state index contributed by atoms with van der Waals surface area (Å²) in [6.07, 6.45) is 1.46. The fourth-order valence-corrected chi connectivity index (χ4v) is 3.48. The van der Waals surface area contributed by atoms with E-state index in [1.807, 2.05) is 0 Å². The van der Waals surface area contributed by atoms with Gasteiger partial charge in [-0.05, 0) is 23.9 Å². The molecule has 0 saturated heterocycles. The van der Waals surface area contributed by atoms with Crippen LogP contribution in [0, 0.1) is 0 Å². The Labute approximate surface area is 122 Å². The lowest BCUT2D eigenvalue weighted by Crippen LogP contribution is -2.28. The third-order valence-corrected chi connectivity index (χ3v) is 4.66. The highest BCUT2D eigenvalue weighted by Gasteiger charge is 2.28. The third kappa shape index (κ3) is 3.80. The molecular formula is C10H11F3N4O2S2. The molecule has 0 bridgehead atoms. The van der Waals surface area contributed by atoms with Crippen molar-refractivity contribution in [1.82, 2.24) is 14.1 Å². The van der Waals surface area contributed by atoms with E-state index in [0.29, 0.717) is 5.65 Å². The maximum atomic E-state index is 12.1. The first kappa shape index (κ1) is 15.9. The number of nitrogens with two attached hydrogens (primary N) is 1. The zero-order chi connectivity index (χ0) is 15.7. The van der Waals surface area contributed by atoms with Crippen molar-refractivity contribution in [2.45, 2.75) is 10.5 Å². The van der Waals surface area contributed by atoms with E-state index in [1.165, 1.54) is 10.6 Å². The first-order chi connectivity index (χ1) is 9.71. The molecule has 0 aliphatic heterocycles. The number of sulfonamides is 1. The van der Waals surface area contributed by atoms with E-state index in [4.69, 9.17) is 5.73 Å². The highest BCUT2D eigenvalue weighted by molar-refractivity contribution is 8.00. The maximum absolute atomic E-state index is 12.1. The summed E-state index contributed by atoms with van der Waals surface area (Å²) < 4.78 is 63.5. The average Bonchev–Trinajstić information content (AvgIpc) is 2.70. The summed E-state index contributed by atoms with van der Waals surface area (Å²) in [6.45, 7) is -0.369. The summed E-state index contributed by atoms with van der Waals surface area (Å²) in [6, 6.07) is 4.81. The van der Waals surface area contributed by atoms with Crippen LogP contribution in [0.25, 0.3) is 5.65 Å². The quantitative estimate of drug-likeness (QED) is 0.804. The monoisotopic (exact) mass is 340 g/mol. The number of aromatic nitrogens is 2. The zero-order valence-electron chi connectivity index (χ0n) is 10.5. The Morgan fingerprint density at radius 3 is 2.76 bits per heavy atom. The van der Waals surface area contributed by atoms with Crippen LogP contribution >= 0.6 is 11.8 Å². The van der Waals surface area contributed by atoms with Gasteiger partial charge in [-0.2, -0.15) is 13.2 Å². The molecule has 0 atom stereocenters. The van der Waals surface area contributed by atoms with E-state index in [9.17, 15) is 21.6 Å². The van der Waals surface area contributed by atoms with Gasteiger partial charge in [0.05, 0.1) is 0 Å². The molecule has 0 aliphatic rings. The molecule has 2 aromatic heterocycles. The number of nitrogens with one attached hydrogen (secondary N) is 1. The number of hydrogen-bond donors (Lipinski definition) is 2. The standard InChI is InChI=1S/C10H11F3N4O2S2/c11-10(12,13)20-6-4-15-21(18,19)9-8(14)16-7-3-1-2-5-17(7)9/h1-3,5,15H,4,6,14H2. The van der Waals surface area contributed by atoms with Gasteiger partial charge in [0.15, 0.2) is 10.8 Å². The maximum Gasteiger partial charge on any atom is 0.441 e. The smallest absolute Gasteiger partial charge is 0.381 e. The van der Waals surface area contributed by atoms with E-state index < -0.39 is 21.3 Å². The highest BCUT2D eigenvalue weighted by Crippen LogP contribution is 2.29. The normalized spacial score (nSPS) is 12.9. The predicted molar refractivity (Wildman–Crippen MR) is 73.3 cm³/mol. The van der Waals surface area contributed by atoms with Crippen LogP contribution in [0.4, 0.5) is 19.0 Å². The van der Waals surface area contributed by atoms with Crippen LogP contribution in [-0.2, 0) is 10.0 Å². The molecule has 0 spiro atoms. The molecular weight excluding hydrogens is 329 g/mol. The third-order valence-electron chi connectivity index (χ3n) is 2.43. The summed E-state index contributed by atoms with van der Waals surface area (Å²) in [5, 5.41) is -0.282. The van der Waals surface area contributed by atoms with Crippen molar-refractivity contribution in [1.29, 1.82) is 0 Å². The number of thioether (sulfide) groups is 1. The van der Waals surface area contributed by atoms with Crippen molar-refractivity contribution >= 4 is 33.3 Å². The van der Waals surface area contributed by atoms with Crippen molar-refractivity contribution in [3.8, 4) is 0 Å². The van der Waals surface area contributed by atoms with Crippen molar-refractivity contribution in [3.63, 3.8) is 0 Å². The van der Waals surface area contributed by atoms with Gasteiger partial charge in [-0.25, -0.2) is 18.1 Å². The largest absolute Gasteiger partial charge is 0.441 e. The SMILES string of the molecule is Nc1nc2ccccn2c1S(=O)(=O)NCCSC(F)(F)F. The molecule has 0 saturated carbocycles. The number of nitrogens with zero attached hydrogens (tertiary/aromatic N) is 2. The molecule has 0 radical (unpaired) electrons. The van der Waals surface area contributed by atoms with Crippen LogP contribution in [0.1, 0.15) is 0 Å². The Morgan fingerprint density at radius 1 is 1.38 bits per heavy atom. The van der Waals surface area contributed by atoms with E-state index in [1.54, 1.807) is 18.2 Å². The van der Waals surface area contributed by atoms with Crippen LogP contribution in [0.3, 0.4) is 0 Å². The summed E-state index contributed by atoms with van der Waals surface area (Å²) in [5.41, 5.74) is 1.51. The van der Waals surface area contributed by atoms with Gasteiger partial charge in [-0.3, -0.25) is 4.40 Å². The number of pyridine rings is 1. The molecule has 0 aromatic carbocycles. The Bertz CT molecular complexity index is 742. The lowest BCUT2D eigenvalue weighted by Gasteiger charge is -2.08. The number of imidazole rings is 1.